The number of hydrogen-bond acceptors (Lipinski definition) is 32. The average Bonchev–Trinajstić information content (AvgIpc) is 1.55. The number of thiazole rings is 1. The lowest BCUT2D eigenvalue weighted by atomic mass is 9.88. The normalized spacial score (nSPS) is 23.7. The summed E-state index contributed by atoms with van der Waals surface area (Å²) >= 11 is 18.5. The number of hydrogen-bond donors (Lipinski definition) is 9. The van der Waals surface area contributed by atoms with E-state index in [2.05, 4.69) is 99.4 Å². The fourth-order valence-corrected chi connectivity index (χ4v) is 21.0. The van der Waals surface area contributed by atoms with E-state index in [4.69, 9.17) is 43.4 Å². The lowest BCUT2D eigenvalue weighted by Crippen LogP contribution is -2.33. The number of likely N-dealkylation sites (N-methyl/N-ethyl adjacent to an activating group) is 2. The minimum Gasteiger partial charge on any atom is -0.393 e. The molecule has 608 valence electrons. The molecule has 9 aromatic rings. The van der Waals surface area contributed by atoms with Gasteiger partial charge in [-0.25, -0.2) is 50.3 Å². The topological polar surface area (TPSA) is 462 Å². The van der Waals surface area contributed by atoms with Crippen molar-refractivity contribution in [2.45, 2.75) is 133 Å². The molecule has 0 bridgehead atoms. The highest BCUT2D eigenvalue weighted by molar-refractivity contribution is 7.84. The van der Waals surface area contributed by atoms with Crippen LogP contribution < -0.4 is 31.4 Å². The van der Waals surface area contributed by atoms with Crippen LogP contribution in [0.5, 0.6) is 0 Å². The zero-order chi connectivity index (χ0) is 81.2. The Morgan fingerprint density at radius 3 is 1.40 bits per heavy atom. The summed E-state index contributed by atoms with van der Waals surface area (Å²) in [5.74, 6) is -0.814. The quantitative estimate of drug-likeness (QED) is 0.0258. The minimum atomic E-state index is -4.10. The third-order valence-electron chi connectivity index (χ3n) is 21.2. The zero-order valence-corrected chi connectivity index (χ0v) is 69.5. The summed E-state index contributed by atoms with van der Waals surface area (Å²) in [6.45, 7) is 7.72. The number of rotatable bonds is 24. The molecule has 114 heavy (non-hydrogen) atoms. The first-order valence-corrected chi connectivity index (χ1v) is 44.9. The van der Waals surface area contributed by atoms with Crippen molar-refractivity contribution in [2.24, 2.45) is 33.2 Å². The Kier molecular flexibility index (Phi) is 26.7. The van der Waals surface area contributed by atoms with Gasteiger partial charge in [0.05, 0.1) is 104 Å². The summed E-state index contributed by atoms with van der Waals surface area (Å²) in [5, 5.41) is 59.9. The number of anilines is 3. The minimum absolute atomic E-state index is 0.00340. The number of aromatic nitrogens is 7. The number of nitrogens with one attached hydrogen (secondary N) is 3. The van der Waals surface area contributed by atoms with Gasteiger partial charge in [-0.2, -0.15) is 25.3 Å². The number of ketones is 3. The van der Waals surface area contributed by atoms with Crippen LogP contribution in [-0.2, 0) is 67.5 Å². The Balaban J connectivity index is 0.000000149. The molecular formula is C74H85Cl2N15O16S7. The largest absolute Gasteiger partial charge is 0.393 e. The molecule has 6 aliphatic rings. The third kappa shape index (κ3) is 20.5. The molecule has 2 aromatic carbocycles. The molecule has 3 fully saturated rings. The fraction of sp³-hybridized carbons (Fsp3) is 0.432. The zero-order valence-electron chi connectivity index (χ0n) is 62.3. The van der Waals surface area contributed by atoms with Gasteiger partial charge in [-0.1, -0.05) is 35.3 Å². The van der Waals surface area contributed by atoms with Gasteiger partial charge in [0.15, 0.2) is 0 Å². The number of aryl methyl sites for hydroxylation is 3. The summed E-state index contributed by atoms with van der Waals surface area (Å²) < 4.78 is 86.8. The highest BCUT2D eigenvalue weighted by atomic mass is 35.5. The SMILES string of the molecule is CN1CCc2ccc(Cl)cc2C1c1csc(C(=O)c2cncnc2N[C@@H]2C[C@H](COS(N)(=O)=O)[C@@H](O)C2)c1.Cc1nc2c(s1)C(c1cc(C(=O)c3cncnc3N[C@@H]3C[C@H](COS(N)(=O)=O)[C@@H](O)C3)sc1C)OCC2.Cc1sc(C(=O)c2cncnc2N[C@@H]2C[C@H](COS(N)(=O)=O)[C@@H](O)C2)cc1C1c2cc(Cl)ccc2CCN1C. The summed E-state index contributed by atoms with van der Waals surface area (Å²) in [7, 11) is -8.14. The lowest BCUT2D eigenvalue weighted by molar-refractivity contribution is 0.0716. The second kappa shape index (κ2) is 35.9. The number of halogens is 2. The van der Waals surface area contributed by atoms with E-state index >= 15 is 0 Å². The Labute approximate surface area is 685 Å². The number of thiophene rings is 3. The molecular weight excluding hydrogens is 1650 g/mol. The summed E-state index contributed by atoms with van der Waals surface area (Å²) in [6, 6.07) is 17.0. The standard InChI is InChI=1S/C26H30ClN5O5S2.C25H28ClN5O5S2.C23H27N5O6S3/c1-14-19(24-20-8-17(27)4-3-15(20)5-6-32(24)2)10-23(38-14)25(34)21-11-29-13-30-26(21)31-18-7-16(22(33)9-18)12-37-39(28,35)36;1-31-5-4-14-2-3-17(26)8-19(14)23(31)16-7-22(37-12-16)24(33)20-10-28-13-29-25(20)30-18-6-15(21(32)9-18)11-36-38(27,34)35;1-11-15(21-22-17(3-4-33-21)27-12(2)36-22)7-19(35-11)20(30)16-8-25-10-26-23(16)28-14-5-13(18(29)6-14)9-34-37(24,31)32/h3-4,8,10-11,13,16,18,22,24,33H,5-7,9,12H2,1-2H3,(H2,28,35,36)(H,29,30,31);2-3,7-8,10,12-13,15,18,21,23,32H,4-6,9,11H2,1H3,(H2,27,34,35)(H,28,29,30);7-8,10,13-14,18,21,29H,3-6,9H2,1-2H3,(H2,24,31,32)(H,25,26,28)/t16-,18-,22+,24?;15-,18-,21+,23?;13-,14-,18+,21?/m111/s1. The summed E-state index contributed by atoms with van der Waals surface area (Å²) in [4.78, 5) is 79.9. The van der Waals surface area contributed by atoms with Crippen molar-refractivity contribution in [1.29, 1.82) is 0 Å². The number of fused-ring (bicyclic) bond motifs is 3. The molecule has 0 saturated heterocycles. The molecule has 15 rings (SSSR count). The van der Waals surface area contributed by atoms with Crippen molar-refractivity contribution in [3.8, 4) is 0 Å². The van der Waals surface area contributed by atoms with E-state index in [0.717, 1.165) is 85.5 Å². The monoisotopic (exact) mass is 1730 g/mol. The molecule has 10 heterocycles. The number of ether oxygens (including phenoxy) is 1. The van der Waals surface area contributed by atoms with Gasteiger partial charge in [0.25, 0.3) is 0 Å². The van der Waals surface area contributed by atoms with Crippen molar-refractivity contribution in [2.75, 3.05) is 69.6 Å². The first-order valence-electron chi connectivity index (χ1n) is 36.4. The molecule has 3 unspecified atom stereocenters. The van der Waals surface area contributed by atoms with Crippen LogP contribution in [0.2, 0.25) is 10.0 Å². The molecule has 0 spiro atoms. The van der Waals surface area contributed by atoms with Gasteiger partial charge < -0.3 is 36.0 Å². The van der Waals surface area contributed by atoms with Crippen LogP contribution in [0.1, 0.15) is 167 Å². The molecule has 31 nitrogen and oxygen atoms in total. The first kappa shape index (κ1) is 84.7. The number of carbonyl (C=O) groups excluding carboxylic acids is 3. The van der Waals surface area contributed by atoms with Gasteiger partial charge >= 0.3 is 30.9 Å². The number of nitrogens with two attached hydrogens (primary N) is 3. The molecule has 7 aromatic heterocycles. The molecule has 0 radical (unpaired) electrons. The molecule has 12 atom stereocenters. The first-order chi connectivity index (χ1) is 54.2. The third-order valence-corrected chi connectivity index (χ3v) is 27.1. The van der Waals surface area contributed by atoms with E-state index in [1.54, 1.807) is 11.3 Å². The molecule has 40 heteroatoms. The van der Waals surface area contributed by atoms with Gasteiger partial charge in [-0.05, 0) is 167 Å². The smallest absolute Gasteiger partial charge is 0.333 e. The molecule has 12 N–H and O–H groups in total. The van der Waals surface area contributed by atoms with Crippen molar-refractivity contribution in [3.05, 3.63) is 203 Å². The van der Waals surface area contributed by atoms with Crippen molar-refractivity contribution in [3.63, 3.8) is 0 Å². The van der Waals surface area contributed by atoms with Crippen molar-refractivity contribution >= 4 is 134 Å². The van der Waals surface area contributed by atoms with Crippen molar-refractivity contribution < 1.29 is 72.2 Å². The second-order valence-electron chi connectivity index (χ2n) is 29.1. The van der Waals surface area contributed by atoms with Crippen LogP contribution in [0.25, 0.3) is 0 Å². The average molecular weight is 1740 g/mol. The van der Waals surface area contributed by atoms with Gasteiger partial charge in [-0.3, -0.25) is 36.7 Å². The van der Waals surface area contributed by atoms with Crippen LogP contribution in [0.3, 0.4) is 0 Å². The second-order valence-corrected chi connectivity index (χ2v) is 38.3. The highest BCUT2D eigenvalue weighted by Gasteiger charge is 2.40. The van der Waals surface area contributed by atoms with E-state index in [-0.39, 0.29) is 73.5 Å². The predicted octanol–water partition coefficient (Wildman–Crippen LogP) is 8.13. The van der Waals surface area contributed by atoms with Crippen LogP contribution >= 0.6 is 68.5 Å². The number of benzene rings is 2. The van der Waals surface area contributed by atoms with Crippen molar-refractivity contribution in [1.82, 2.24) is 44.7 Å². The van der Waals surface area contributed by atoms with E-state index in [1.165, 1.54) is 82.7 Å². The van der Waals surface area contributed by atoms with Crippen LogP contribution in [0.4, 0.5) is 17.5 Å². The van der Waals surface area contributed by atoms with Crippen LogP contribution in [0, 0.1) is 38.5 Å². The maximum atomic E-state index is 13.7. The maximum absolute atomic E-state index is 13.7. The molecule has 3 saturated carbocycles. The molecule has 3 aliphatic heterocycles. The van der Waals surface area contributed by atoms with E-state index < -0.39 is 67.0 Å². The number of carbonyl (C=O) groups is 3. The van der Waals surface area contributed by atoms with Gasteiger partial charge in [-0.15, -0.1) is 45.3 Å². The Morgan fingerprint density at radius 1 is 0.544 bits per heavy atom. The van der Waals surface area contributed by atoms with Gasteiger partial charge in [0.1, 0.15) is 42.5 Å². The van der Waals surface area contributed by atoms with E-state index in [0.29, 0.717) is 104 Å². The Morgan fingerprint density at radius 2 is 0.956 bits per heavy atom. The number of aliphatic hydroxyl groups excluding tert-OH is 3. The Bertz CT molecular complexity index is 5410. The summed E-state index contributed by atoms with van der Waals surface area (Å²) in [6.07, 6.45) is 10.9. The van der Waals surface area contributed by atoms with Gasteiger partial charge in [0.2, 0.25) is 17.3 Å². The molecule has 3 aliphatic carbocycles. The number of aliphatic hydroxyl groups is 3. The van der Waals surface area contributed by atoms with E-state index in [9.17, 15) is 55.0 Å². The Hall–Kier alpha value is -7.23. The number of nitrogens with zero attached hydrogens (tertiary/aromatic N) is 9. The molecule has 0 amide bonds. The van der Waals surface area contributed by atoms with Gasteiger partial charge in [0, 0.05) is 99.3 Å². The summed E-state index contributed by atoms with van der Waals surface area (Å²) in [5.41, 5.74) is 9.88. The fourth-order valence-electron chi connectivity index (χ4n) is 15.6. The highest BCUT2D eigenvalue weighted by Crippen LogP contribution is 2.45. The maximum Gasteiger partial charge on any atom is 0.333 e. The predicted molar refractivity (Wildman–Crippen MR) is 432 cm³/mol. The van der Waals surface area contributed by atoms with Crippen LogP contribution in [0.15, 0.2) is 97.5 Å². The van der Waals surface area contributed by atoms with Crippen LogP contribution in [-0.4, -0.2) is 193 Å². The van der Waals surface area contributed by atoms with E-state index in [1.807, 2.05) is 68.6 Å². The lowest BCUT2D eigenvalue weighted by Gasteiger charge is -2.35.